The summed E-state index contributed by atoms with van der Waals surface area (Å²) in [6.07, 6.45) is 8.21. The first-order valence-corrected chi connectivity index (χ1v) is 7.00. The van der Waals surface area contributed by atoms with Gasteiger partial charge in [0.25, 0.3) is 0 Å². The molecule has 2 aromatic heterocycles. The van der Waals surface area contributed by atoms with E-state index in [-0.39, 0.29) is 12.4 Å². The Labute approximate surface area is 134 Å². The Morgan fingerprint density at radius 2 is 1.50 bits per heavy atom. The monoisotopic (exact) mass is 306 g/mol. The minimum absolute atomic E-state index is 0. The number of aromatic nitrogens is 2. The van der Waals surface area contributed by atoms with E-state index in [0.29, 0.717) is 0 Å². The predicted octanol–water partition coefficient (Wildman–Crippen LogP) is 5.31. The average molecular weight is 307 g/mol. The van der Waals surface area contributed by atoms with E-state index in [1.54, 1.807) is 0 Å². The number of pyridine rings is 1. The van der Waals surface area contributed by atoms with Crippen molar-refractivity contribution in [3.8, 4) is 0 Å². The molecular formula is C19H15ClN2. The molecular weight excluding hydrogens is 292 g/mol. The van der Waals surface area contributed by atoms with Crippen molar-refractivity contribution in [3.63, 3.8) is 0 Å². The number of hydrogen-bond acceptors (Lipinski definition) is 1. The highest BCUT2D eigenvalue weighted by Gasteiger charge is 2.00. The summed E-state index contributed by atoms with van der Waals surface area (Å²) in [5, 5.41) is 2.42. The van der Waals surface area contributed by atoms with E-state index < -0.39 is 0 Å². The molecule has 2 heterocycles. The van der Waals surface area contributed by atoms with E-state index in [4.69, 9.17) is 0 Å². The van der Waals surface area contributed by atoms with Crippen LogP contribution in [0.2, 0.25) is 0 Å². The van der Waals surface area contributed by atoms with Crippen molar-refractivity contribution in [1.82, 2.24) is 9.97 Å². The zero-order valence-corrected chi connectivity index (χ0v) is 12.7. The smallest absolute Gasteiger partial charge is 0.0707 e. The molecule has 0 spiro atoms. The number of benzene rings is 2. The van der Waals surface area contributed by atoms with E-state index in [2.05, 4.69) is 46.4 Å². The number of para-hydroxylation sites is 2. The second-order valence-corrected chi connectivity index (χ2v) is 5.04. The summed E-state index contributed by atoms with van der Waals surface area (Å²) in [7, 11) is 0. The zero-order chi connectivity index (χ0) is 14.1. The molecule has 2 nitrogen and oxygen atoms in total. The second-order valence-electron chi connectivity index (χ2n) is 5.04. The van der Waals surface area contributed by atoms with Gasteiger partial charge in [0.1, 0.15) is 0 Å². The largest absolute Gasteiger partial charge is 0.361 e. The highest BCUT2D eigenvalue weighted by molar-refractivity contribution is 5.95. The Hall–Kier alpha value is -2.58. The first kappa shape index (κ1) is 14.4. The van der Waals surface area contributed by atoms with Crippen molar-refractivity contribution in [2.24, 2.45) is 0 Å². The maximum absolute atomic E-state index is 4.40. The fourth-order valence-corrected chi connectivity index (χ4v) is 2.67. The van der Waals surface area contributed by atoms with Crippen LogP contribution in [0.25, 0.3) is 34.0 Å². The summed E-state index contributed by atoms with van der Waals surface area (Å²) in [5.74, 6) is 0. The standard InChI is InChI=1S/C19H14N2.ClH/c1-3-7-18-16(5-1)14(11-12-20-18)9-10-15-13-21-19-8-4-2-6-17(15)19;/h1-13,21H;1H/b10-9+;. The molecule has 0 bridgehead atoms. The summed E-state index contributed by atoms with van der Waals surface area (Å²) in [4.78, 5) is 7.69. The number of nitrogens with zero attached hydrogens (tertiary/aromatic N) is 1. The molecule has 0 aliphatic rings. The third-order valence-electron chi connectivity index (χ3n) is 3.75. The average Bonchev–Trinajstić information content (AvgIpc) is 2.96. The van der Waals surface area contributed by atoms with Gasteiger partial charge in [-0.05, 0) is 29.3 Å². The Morgan fingerprint density at radius 1 is 0.773 bits per heavy atom. The molecule has 1 N–H and O–H groups in total. The minimum atomic E-state index is 0. The van der Waals surface area contributed by atoms with Gasteiger partial charge in [0, 0.05) is 28.7 Å². The van der Waals surface area contributed by atoms with Crippen LogP contribution in [-0.2, 0) is 0 Å². The number of aromatic amines is 1. The molecule has 0 fully saturated rings. The minimum Gasteiger partial charge on any atom is -0.361 e. The summed E-state index contributed by atoms with van der Waals surface area (Å²) in [5.41, 5.74) is 4.58. The lowest BCUT2D eigenvalue weighted by Crippen LogP contribution is -1.81. The summed E-state index contributed by atoms with van der Waals surface area (Å²) in [6.45, 7) is 0. The normalized spacial score (nSPS) is 11.1. The van der Waals surface area contributed by atoms with Gasteiger partial charge in [0.05, 0.1) is 5.52 Å². The third-order valence-corrected chi connectivity index (χ3v) is 3.75. The molecule has 0 unspecified atom stereocenters. The van der Waals surface area contributed by atoms with Gasteiger partial charge in [-0.15, -0.1) is 12.4 Å². The van der Waals surface area contributed by atoms with Crippen molar-refractivity contribution in [2.45, 2.75) is 0 Å². The van der Waals surface area contributed by atoms with Crippen LogP contribution in [0.4, 0.5) is 0 Å². The quantitative estimate of drug-likeness (QED) is 0.534. The summed E-state index contributed by atoms with van der Waals surface area (Å²) < 4.78 is 0. The van der Waals surface area contributed by atoms with Crippen molar-refractivity contribution in [3.05, 3.63) is 78.1 Å². The van der Waals surface area contributed by atoms with Gasteiger partial charge >= 0.3 is 0 Å². The van der Waals surface area contributed by atoms with Gasteiger partial charge in [-0.1, -0.05) is 48.6 Å². The van der Waals surface area contributed by atoms with Crippen molar-refractivity contribution < 1.29 is 0 Å². The van der Waals surface area contributed by atoms with Crippen LogP contribution >= 0.6 is 12.4 Å². The lowest BCUT2D eigenvalue weighted by Gasteiger charge is -2.00. The van der Waals surface area contributed by atoms with E-state index in [0.717, 1.165) is 11.0 Å². The Bertz CT molecular complexity index is 948. The number of H-pyrrole nitrogens is 1. The van der Waals surface area contributed by atoms with Crippen LogP contribution in [0.3, 0.4) is 0 Å². The maximum Gasteiger partial charge on any atom is 0.0707 e. The summed E-state index contributed by atoms with van der Waals surface area (Å²) >= 11 is 0. The summed E-state index contributed by atoms with van der Waals surface area (Å²) in [6, 6.07) is 18.6. The zero-order valence-electron chi connectivity index (χ0n) is 11.9. The molecule has 4 aromatic rings. The number of nitrogens with one attached hydrogen (secondary N) is 1. The van der Waals surface area contributed by atoms with E-state index in [1.807, 2.05) is 42.7 Å². The van der Waals surface area contributed by atoms with Crippen molar-refractivity contribution >= 4 is 46.4 Å². The van der Waals surface area contributed by atoms with Gasteiger partial charge in [0.15, 0.2) is 0 Å². The second kappa shape index (κ2) is 6.04. The first-order valence-electron chi connectivity index (χ1n) is 7.00. The van der Waals surface area contributed by atoms with Gasteiger partial charge in [-0.2, -0.15) is 0 Å². The molecule has 0 saturated heterocycles. The molecule has 0 amide bonds. The van der Waals surface area contributed by atoms with Crippen LogP contribution in [0.15, 0.2) is 67.0 Å². The number of halogens is 1. The molecule has 108 valence electrons. The van der Waals surface area contributed by atoms with Crippen LogP contribution in [0.1, 0.15) is 11.1 Å². The van der Waals surface area contributed by atoms with Crippen LogP contribution in [0.5, 0.6) is 0 Å². The topological polar surface area (TPSA) is 28.7 Å². The van der Waals surface area contributed by atoms with Crippen molar-refractivity contribution in [1.29, 1.82) is 0 Å². The molecule has 0 atom stereocenters. The maximum atomic E-state index is 4.40. The van der Waals surface area contributed by atoms with Crippen molar-refractivity contribution in [2.75, 3.05) is 0 Å². The highest BCUT2D eigenvalue weighted by Crippen LogP contribution is 2.22. The third kappa shape index (κ3) is 2.49. The van der Waals surface area contributed by atoms with E-state index in [9.17, 15) is 0 Å². The van der Waals surface area contributed by atoms with Gasteiger partial charge < -0.3 is 4.98 Å². The number of fused-ring (bicyclic) bond motifs is 2. The lowest BCUT2D eigenvalue weighted by molar-refractivity contribution is 1.41. The van der Waals surface area contributed by atoms with Gasteiger partial charge in [-0.3, -0.25) is 4.98 Å². The molecule has 4 rings (SSSR count). The van der Waals surface area contributed by atoms with Gasteiger partial charge in [0.2, 0.25) is 0 Å². The van der Waals surface area contributed by atoms with Crippen LogP contribution in [-0.4, -0.2) is 9.97 Å². The molecule has 2 aromatic carbocycles. The Morgan fingerprint density at radius 3 is 2.41 bits per heavy atom. The Kier molecular flexibility index (Phi) is 3.94. The molecule has 22 heavy (non-hydrogen) atoms. The number of hydrogen-bond donors (Lipinski definition) is 1. The molecule has 0 saturated carbocycles. The van der Waals surface area contributed by atoms with Crippen LogP contribution < -0.4 is 0 Å². The predicted molar refractivity (Wildman–Crippen MR) is 96.2 cm³/mol. The highest BCUT2D eigenvalue weighted by atomic mass is 35.5. The molecule has 3 heteroatoms. The number of rotatable bonds is 2. The fourth-order valence-electron chi connectivity index (χ4n) is 2.67. The van der Waals surface area contributed by atoms with Gasteiger partial charge in [-0.25, -0.2) is 0 Å². The van der Waals surface area contributed by atoms with E-state index >= 15 is 0 Å². The molecule has 0 radical (unpaired) electrons. The van der Waals surface area contributed by atoms with E-state index in [1.165, 1.54) is 21.9 Å². The molecule has 0 aliphatic heterocycles. The first-order chi connectivity index (χ1) is 10.4. The Balaban J connectivity index is 0.00000144. The molecule has 0 aliphatic carbocycles. The fraction of sp³-hybridized carbons (Fsp3) is 0. The lowest BCUT2D eigenvalue weighted by atomic mass is 10.1. The van der Waals surface area contributed by atoms with Crippen LogP contribution in [0, 0.1) is 0 Å². The SMILES string of the molecule is C(=C\c1c[nH]c2ccccc12)/c1ccnc2ccccc12.Cl.